The first-order chi connectivity index (χ1) is 15.3. The Morgan fingerprint density at radius 1 is 0.452 bits per heavy atom. The molecule has 0 saturated carbocycles. The Morgan fingerprint density at radius 3 is 1.65 bits per heavy atom. The van der Waals surface area contributed by atoms with Gasteiger partial charge >= 0.3 is 0 Å². The third-order valence-electron chi connectivity index (χ3n) is 5.20. The van der Waals surface area contributed by atoms with E-state index in [1.54, 1.807) is 0 Å². The van der Waals surface area contributed by atoms with Gasteiger partial charge in [-0.1, -0.05) is 115 Å². The lowest BCUT2D eigenvalue weighted by molar-refractivity contribution is 1.18. The van der Waals surface area contributed by atoms with Gasteiger partial charge in [-0.05, 0) is 23.3 Å². The molecule has 0 amide bonds. The highest BCUT2D eigenvalue weighted by Crippen LogP contribution is 2.32. The SMILES string of the molecule is Clc1ccccc1-c1cc(-c2ccc(-c3ccccc3)cc2)nc(-c2ccccc2)n1. The van der Waals surface area contributed by atoms with Gasteiger partial charge in [0.2, 0.25) is 0 Å². The second-order valence-electron chi connectivity index (χ2n) is 7.25. The van der Waals surface area contributed by atoms with Crippen molar-refractivity contribution in [3.63, 3.8) is 0 Å². The average Bonchev–Trinajstić information content (AvgIpc) is 2.85. The van der Waals surface area contributed by atoms with Gasteiger partial charge in [-0.15, -0.1) is 0 Å². The van der Waals surface area contributed by atoms with Crippen LogP contribution in [0.1, 0.15) is 0 Å². The summed E-state index contributed by atoms with van der Waals surface area (Å²) in [4.78, 5) is 9.71. The number of rotatable bonds is 4. The molecule has 1 aromatic heterocycles. The molecule has 5 aromatic rings. The van der Waals surface area contributed by atoms with Crippen molar-refractivity contribution in [1.29, 1.82) is 0 Å². The monoisotopic (exact) mass is 418 g/mol. The van der Waals surface area contributed by atoms with E-state index in [-0.39, 0.29) is 0 Å². The van der Waals surface area contributed by atoms with Crippen molar-refractivity contribution in [2.24, 2.45) is 0 Å². The molecule has 148 valence electrons. The van der Waals surface area contributed by atoms with Gasteiger partial charge in [-0.3, -0.25) is 0 Å². The van der Waals surface area contributed by atoms with Gasteiger partial charge in [-0.2, -0.15) is 0 Å². The lowest BCUT2D eigenvalue weighted by Crippen LogP contribution is -1.96. The van der Waals surface area contributed by atoms with Crippen molar-refractivity contribution < 1.29 is 0 Å². The predicted octanol–water partition coefficient (Wildman–Crippen LogP) is 7.80. The van der Waals surface area contributed by atoms with Crippen LogP contribution >= 0.6 is 11.6 Å². The number of hydrogen-bond donors (Lipinski definition) is 0. The minimum absolute atomic E-state index is 0.672. The summed E-state index contributed by atoms with van der Waals surface area (Å²) in [6.07, 6.45) is 0. The number of aromatic nitrogens is 2. The lowest BCUT2D eigenvalue weighted by atomic mass is 10.0. The van der Waals surface area contributed by atoms with Crippen LogP contribution in [0.4, 0.5) is 0 Å². The Labute approximate surface area is 186 Å². The van der Waals surface area contributed by atoms with E-state index in [1.165, 1.54) is 11.1 Å². The molecule has 5 rings (SSSR count). The van der Waals surface area contributed by atoms with Crippen LogP contribution in [0.3, 0.4) is 0 Å². The van der Waals surface area contributed by atoms with Crippen LogP contribution in [0.5, 0.6) is 0 Å². The number of benzene rings is 4. The molecule has 0 unspecified atom stereocenters. The second-order valence-corrected chi connectivity index (χ2v) is 7.66. The summed E-state index contributed by atoms with van der Waals surface area (Å²) in [6, 6.07) is 38.6. The molecule has 0 fully saturated rings. The standard InChI is InChI=1S/C28H19ClN2/c29-25-14-8-7-13-24(25)27-19-26(30-28(31-27)23-11-5-2-6-12-23)22-17-15-21(16-18-22)20-9-3-1-4-10-20/h1-19H. The van der Waals surface area contributed by atoms with Crippen LogP contribution in [0.15, 0.2) is 115 Å². The van der Waals surface area contributed by atoms with Gasteiger partial charge < -0.3 is 0 Å². The second kappa shape index (κ2) is 8.55. The van der Waals surface area contributed by atoms with E-state index in [2.05, 4.69) is 48.5 Å². The predicted molar refractivity (Wildman–Crippen MR) is 129 cm³/mol. The van der Waals surface area contributed by atoms with Crippen molar-refractivity contribution in [3.05, 3.63) is 120 Å². The van der Waals surface area contributed by atoms with E-state index < -0.39 is 0 Å². The van der Waals surface area contributed by atoms with Crippen LogP contribution in [0, 0.1) is 0 Å². The topological polar surface area (TPSA) is 25.8 Å². The van der Waals surface area contributed by atoms with Crippen molar-refractivity contribution in [3.8, 4) is 45.0 Å². The Bertz CT molecular complexity index is 1310. The first-order valence-corrected chi connectivity index (χ1v) is 10.5. The number of halogens is 1. The van der Waals surface area contributed by atoms with Crippen LogP contribution in [0.2, 0.25) is 5.02 Å². The summed E-state index contributed by atoms with van der Waals surface area (Å²) < 4.78 is 0. The highest BCUT2D eigenvalue weighted by atomic mass is 35.5. The zero-order chi connectivity index (χ0) is 21.0. The molecule has 2 nitrogen and oxygen atoms in total. The van der Waals surface area contributed by atoms with Gasteiger partial charge in [0.1, 0.15) is 0 Å². The molecule has 0 aliphatic heterocycles. The molecule has 0 radical (unpaired) electrons. The number of nitrogens with zero attached hydrogens (tertiary/aromatic N) is 2. The Balaban J connectivity index is 1.63. The van der Waals surface area contributed by atoms with Crippen molar-refractivity contribution >= 4 is 11.6 Å². The van der Waals surface area contributed by atoms with E-state index >= 15 is 0 Å². The summed E-state index contributed by atoms with van der Waals surface area (Å²) in [5.74, 6) is 0.681. The van der Waals surface area contributed by atoms with Gasteiger partial charge in [0, 0.05) is 21.7 Å². The van der Waals surface area contributed by atoms with Crippen LogP contribution in [-0.2, 0) is 0 Å². The zero-order valence-corrected chi connectivity index (χ0v) is 17.5. The largest absolute Gasteiger partial charge is 0.228 e. The van der Waals surface area contributed by atoms with E-state index in [0.717, 1.165) is 28.1 Å². The Morgan fingerprint density at radius 2 is 0.968 bits per heavy atom. The fourth-order valence-corrected chi connectivity index (χ4v) is 3.81. The molecule has 0 saturated heterocycles. The fourth-order valence-electron chi connectivity index (χ4n) is 3.58. The molecule has 4 aromatic carbocycles. The maximum atomic E-state index is 6.48. The fraction of sp³-hybridized carbons (Fsp3) is 0. The highest BCUT2D eigenvalue weighted by Gasteiger charge is 2.12. The average molecular weight is 419 g/mol. The van der Waals surface area contributed by atoms with Gasteiger partial charge in [0.05, 0.1) is 11.4 Å². The maximum absolute atomic E-state index is 6.48. The third kappa shape index (κ3) is 4.11. The molecular formula is C28H19ClN2. The molecule has 0 spiro atoms. The van der Waals surface area contributed by atoms with Crippen molar-refractivity contribution in [2.75, 3.05) is 0 Å². The molecule has 0 bridgehead atoms. The summed E-state index contributed by atoms with van der Waals surface area (Å²) in [7, 11) is 0. The van der Waals surface area contributed by atoms with Crippen molar-refractivity contribution in [1.82, 2.24) is 9.97 Å². The summed E-state index contributed by atoms with van der Waals surface area (Å²) >= 11 is 6.48. The molecule has 31 heavy (non-hydrogen) atoms. The molecule has 0 aliphatic carbocycles. The molecule has 0 atom stereocenters. The Hall–Kier alpha value is -3.75. The summed E-state index contributed by atoms with van der Waals surface area (Å²) in [5.41, 5.74) is 6.94. The van der Waals surface area contributed by atoms with E-state index in [0.29, 0.717) is 10.8 Å². The first kappa shape index (κ1) is 19.2. The molecular weight excluding hydrogens is 400 g/mol. The van der Waals surface area contributed by atoms with Crippen LogP contribution in [0.25, 0.3) is 45.0 Å². The van der Waals surface area contributed by atoms with Crippen LogP contribution in [-0.4, -0.2) is 9.97 Å². The summed E-state index contributed by atoms with van der Waals surface area (Å²) in [6.45, 7) is 0. The first-order valence-electron chi connectivity index (χ1n) is 10.1. The highest BCUT2D eigenvalue weighted by molar-refractivity contribution is 6.33. The molecule has 0 N–H and O–H groups in total. The third-order valence-corrected chi connectivity index (χ3v) is 5.53. The number of hydrogen-bond acceptors (Lipinski definition) is 2. The minimum Gasteiger partial charge on any atom is -0.228 e. The minimum atomic E-state index is 0.672. The van der Waals surface area contributed by atoms with Gasteiger partial charge in [0.25, 0.3) is 0 Å². The molecule has 0 aliphatic rings. The smallest absolute Gasteiger partial charge is 0.160 e. The normalized spacial score (nSPS) is 10.7. The van der Waals surface area contributed by atoms with Gasteiger partial charge in [0.15, 0.2) is 5.82 Å². The van der Waals surface area contributed by atoms with Gasteiger partial charge in [-0.25, -0.2) is 9.97 Å². The summed E-state index contributed by atoms with van der Waals surface area (Å²) in [5, 5.41) is 0.672. The van der Waals surface area contributed by atoms with Crippen molar-refractivity contribution in [2.45, 2.75) is 0 Å². The van der Waals surface area contributed by atoms with Crippen LogP contribution < -0.4 is 0 Å². The molecule has 3 heteroatoms. The zero-order valence-electron chi connectivity index (χ0n) is 16.7. The maximum Gasteiger partial charge on any atom is 0.160 e. The van der Waals surface area contributed by atoms with E-state index in [4.69, 9.17) is 21.6 Å². The Kier molecular flexibility index (Phi) is 5.30. The quantitative estimate of drug-likeness (QED) is 0.297. The lowest BCUT2D eigenvalue weighted by Gasteiger charge is -2.11. The molecule has 1 heterocycles. The van der Waals surface area contributed by atoms with E-state index in [9.17, 15) is 0 Å². The van der Waals surface area contributed by atoms with E-state index in [1.807, 2.05) is 66.7 Å².